The highest BCUT2D eigenvalue weighted by Crippen LogP contribution is 2.51. The summed E-state index contributed by atoms with van der Waals surface area (Å²) >= 11 is 13.0. The van der Waals surface area contributed by atoms with E-state index in [1.165, 1.54) is 12.8 Å². The number of carbonyl (C=O) groups excluding carboxylic acids is 1. The van der Waals surface area contributed by atoms with Crippen molar-refractivity contribution in [1.82, 2.24) is 0 Å². The lowest BCUT2D eigenvalue weighted by molar-refractivity contribution is -0.137. The number of Topliss-reactive ketones (excluding diaryl/α,β-unsaturated/α-hetero) is 1. The fourth-order valence-corrected chi connectivity index (χ4v) is 5.02. The van der Waals surface area contributed by atoms with Gasteiger partial charge in [0.2, 0.25) is 0 Å². The van der Waals surface area contributed by atoms with Gasteiger partial charge in [-0.3, -0.25) is 9.59 Å². The van der Waals surface area contributed by atoms with Crippen LogP contribution in [0.4, 0.5) is 0 Å². The zero-order valence-corrected chi connectivity index (χ0v) is 19.3. The summed E-state index contributed by atoms with van der Waals surface area (Å²) in [6, 6.07) is 1.91. The van der Waals surface area contributed by atoms with Gasteiger partial charge in [0, 0.05) is 17.4 Å². The van der Waals surface area contributed by atoms with Crippen LogP contribution in [0.2, 0.25) is 10.0 Å². The van der Waals surface area contributed by atoms with E-state index in [0.717, 1.165) is 62.8 Å². The van der Waals surface area contributed by atoms with Crippen LogP contribution in [0.15, 0.2) is 6.07 Å². The molecule has 3 rings (SSSR count). The molecule has 0 amide bonds. The average Bonchev–Trinajstić information content (AvgIpc) is 3.50. The number of benzene rings is 1. The first-order valence-corrected chi connectivity index (χ1v) is 12.0. The Morgan fingerprint density at radius 1 is 1.17 bits per heavy atom. The van der Waals surface area contributed by atoms with Crippen molar-refractivity contribution < 1.29 is 19.4 Å². The third-order valence-corrected chi connectivity index (χ3v) is 7.37. The van der Waals surface area contributed by atoms with E-state index in [1.807, 2.05) is 6.07 Å². The van der Waals surface area contributed by atoms with Crippen molar-refractivity contribution in [3.05, 3.63) is 27.2 Å². The fraction of sp³-hybridized carbons (Fsp3) is 0.667. The standard InChI is InChI=1S/C24H32Cl2O4/c1-2-3-11-24(12-10-16-8-9-16)15-17-14-18(21(25)22(26)20(17)23(24)29)30-13-6-4-5-7-19(27)28/h14,16H,2-13,15H2,1H3,(H,27,28). The van der Waals surface area contributed by atoms with E-state index in [4.69, 9.17) is 33.0 Å². The molecule has 2 aliphatic rings. The number of carboxylic acids is 1. The molecule has 1 atom stereocenters. The largest absolute Gasteiger partial charge is 0.492 e. The molecule has 4 nitrogen and oxygen atoms in total. The van der Waals surface area contributed by atoms with Crippen molar-refractivity contribution in [2.45, 2.75) is 84.0 Å². The number of unbranched alkanes of at least 4 members (excludes halogenated alkanes) is 3. The molecule has 6 heteroatoms. The summed E-state index contributed by atoms with van der Waals surface area (Å²) in [6.07, 6.45) is 10.7. The molecule has 1 aromatic rings. The number of aliphatic carboxylic acids is 1. The smallest absolute Gasteiger partial charge is 0.303 e. The molecule has 0 spiro atoms. The van der Waals surface area contributed by atoms with E-state index in [9.17, 15) is 9.59 Å². The van der Waals surface area contributed by atoms with Gasteiger partial charge in [-0.15, -0.1) is 0 Å². The number of hydrogen-bond acceptors (Lipinski definition) is 3. The Morgan fingerprint density at radius 2 is 1.93 bits per heavy atom. The van der Waals surface area contributed by atoms with Crippen LogP contribution < -0.4 is 4.74 Å². The lowest BCUT2D eigenvalue weighted by Gasteiger charge is -2.27. The van der Waals surface area contributed by atoms with Gasteiger partial charge in [-0.25, -0.2) is 0 Å². The number of carboxylic acid groups (broad SMARTS) is 1. The molecule has 1 aromatic carbocycles. The van der Waals surface area contributed by atoms with Crippen molar-refractivity contribution in [3.8, 4) is 5.75 Å². The minimum Gasteiger partial charge on any atom is -0.492 e. The Labute approximate surface area is 189 Å². The highest BCUT2D eigenvalue weighted by molar-refractivity contribution is 6.45. The SMILES string of the molecule is CCCCC1(CCC2CC2)Cc2cc(OCCCCCC(=O)O)c(Cl)c(Cl)c2C1=O. The van der Waals surface area contributed by atoms with Gasteiger partial charge >= 0.3 is 5.97 Å². The van der Waals surface area contributed by atoms with Crippen LogP contribution in [-0.4, -0.2) is 23.5 Å². The van der Waals surface area contributed by atoms with Gasteiger partial charge in [-0.05, 0) is 62.5 Å². The van der Waals surface area contributed by atoms with Gasteiger partial charge in [-0.2, -0.15) is 0 Å². The van der Waals surface area contributed by atoms with Gasteiger partial charge in [0.15, 0.2) is 5.78 Å². The van der Waals surface area contributed by atoms with E-state index in [2.05, 4.69) is 6.92 Å². The third kappa shape index (κ3) is 5.50. The molecule has 1 N–H and O–H groups in total. The molecular formula is C24H32Cl2O4. The van der Waals surface area contributed by atoms with E-state index in [1.54, 1.807) is 0 Å². The van der Waals surface area contributed by atoms with Crippen molar-refractivity contribution in [2.24, 2.45) is 11.3 Å². The van der Waals surface area contributed by atoms with E-state index >= 15 is 0 Å². The molecule has 0 radical (unpaired) electrons. The predicted octanol–water partition coefficient (Wildman–Crippen LogP) is 7.12. The van der Waals surface area contributed by atoms with Gasteiger partial charge in [-0.1, -0.05) is 55.8 Å². The first-order chi connectivity index (χ1) is 14.4. The number of fused-ring (bicyclic) bond motifs is 1. The number of halogens is 2. The minimum absolute atomic E-state index is 0.165. The van der Waals surface area contributed by atoms with Gasteiger partial charge < -0.3 is 9.84 Å². The van der Waals surface area contributed by atoms with Gasteiger partial charge in [0.25, 0.3) is 0 Å². The summed E-state index contributed by atoms with van der Waals surface area (Å²) in [5.41, 5.74) is 1.22. The van der Waals surface area contributed by atoms with Crippen molar-refractivity contribution >= 4 is 35.0 Å². The van der Waals surface area contributed by atoms with E-state index < -0.39 is 5.97 Å². The quantitative estimate of drug-likeness (QED) is 0.322. The average molecular weight is 455 g/mol. The summed E-state index contributed by atoms with van der Waals surface area (Å²) in [5.74, 6) is 0.708. The second-order valence-electron chi connectivity index (χ2n) is 8.96. The predicted molar refractivity (Wildman–Crippen MR) is 120 cm³/mol. The zero-order valence-electron chi connectivity index (χ0n) is 17.8. The molecule has 2 aliphatic carbocycles. The molecule has 0 heterocycles. The molecule has 166 valence electrons. The molecular weight excluding hydrogens is 423 g/mol. The number of rotatable bonds is 13. The van der Waals surface area contributed by atoms with Crippen molar-refractivity contribution in [3.63, 3.8) is 0 Å². The van der Waals surface area contributed by atoms with Crippen LogP contribution >= 0.6 is 23.2 Å². The lowest BCUT2D eigenvalue weighted by Crippen LogP contribution is -2.28. The Morgan fingerprint density at radius 3 is 2.60 bits per heavy atom. The number of ketones is 1. The Balaban J connectivity index is 1.70. The van der Waals surface area contributed by atoms with Gasteiger partial charge in [0.05, 0.1) is 11.6 Å². The van der Waals surface area contributed by atoms with Crippen LogP contribution in [0.25, 0.3) is 0 Å². The summed E-state index contributed by atoms with van der Waals surface area (Å²) in [4.78, 5) is 24.1. The maximum absolute atomic E-state index is 13.5. The molecule has 0 bridgehead atoms. The van der Waals surface area contributed by atoms with Crippen molar-refractivity contribution in [2.75, 3.05) is 6.61 Å². The second kappa shape index (κ2) is 10.4. The number of carbonyl (C=O) groups is 2. The first kappa shape index (κ1) is 23.4. The van der Waals surface area contributed by atoms with E-state index in [0.29, 0.717) is 34.4 Å². The summed E-state index contributed by atoms with van der Waals surface area (Å²) < 4.78 is 5.87. The molecule has 30 heavy (non-hydrogen) atoms. The summed E-state index contributed by atoms with van der Waals surface area (Å²) in [6.45, 7) is 2.61. The van der Waals surface area contributed by atoms with Crippen LogP contribution in [-0.2, 0) is 11.2 Å². The van der Waals surface area contributed by atoms with E-state index in [-0.39, 0.29) is 17.6 Å². The summed E-state index contributed by atoms with van der Waals surface area (Å²) in [5, 5.41) is 9.34. The Hall–Kier alpha value is -1.26. The maximum atomic E-state index is 13.5. The molecule has 1 unspecified atom stereocenters. The fourth-order valence-electron chi connectivity index (χ4n) is 4.52. The zero-order chi connectivity index (χ0) is 21.7. The minimum atomic E-state index is -0.776. The lowest BCUT2D eigenvalue weighted by atomic mass is 9.75. The van der Waals surface area contributed by atoms with Crippen LogP contribution in [0.3, 0.4) is 0 Å². The van der Waals surface area contributed by atoms with Gasteiger partial charge in [0.1, 0.15) is 10.8 Å². The second-order valence-corrected chi connectivity index (χ2v) is 9.72. The number of hydrogen-bond donors (Lipinski definition) is 1. The van der Waals surface area contributed by atoms with Crippen LogP contribution in [0.1, 0.15) is 93.5 Å². The van der Waals surface area contributed by atoms with Crippen molar-refractivity contribution in [1.29, 1.82) is 0 Å². The molecule has 1 fully saturated rings. The Bertz CT molecular complexity index is 788. The monoisotopic (exact) mass is 454 g/mol. The third-order valence-electron chi connectivity index (χ3n) is 6.52. The number of ether oxygens (including phenoxy) is 1. The summed E-state index contributed by atoms with van der Waals surface area (Å²) in [7, 11) is 0. The first-order valence-electron chi connectivity index (χ1n) is 11.3. The maximum Gasteiger partial charge on any atom is 0.303 e. The molecule has 0 aliphatic heterocycles. The molecule has 0 saturated heterocycles. The Kier molecular flexibility index (Phi) is 8.09. The molecule has 1 saturated carbocycles. The highest BCUT2D eigenvalue weighted by atomic mass is 35.5. The topological polar surface area (TPSA) is 63.6 Å². The normalized spacial score (nSPS) is 20.4. The highest BCUT2D eigenvalue weighted by Gasteiger charge is 2.47. The molecule has 0 aromatic heterocycles. The van der Waals surface area contributed by atoms with Crippen LogP contribution in [0.5, 0.6) is 5.75 Å². The van der Waals surface area contributed by atoms with Crippen LogP contribution in [0, 0.1) is 11.3 Å².